The second-order valence-corrected chi connectivity index (χ2v) is 5.80. The van der Waals surface area contributed by atoms with Crippen molar-refractivity contribution in [3.05, 3.63) is 45.4 Å². The van der Waals surface area contributed by atoms with Gasteiger partial charge in [0.1, 0.15) is 0 Å². The summed E-state index contributed by atoms with van der Waals surface area (Å²) in [4.78, 5) is 17.3. The Kier molecular flexibility index (Phi) is 4.32. The van der Waals surface area contributed by atoms with Gasteiger partial charge in [-0.3, -0.25) is 4.79 Å². The van der Waals surface area contributed by atoms with Crippen molar-refractivity contribution < 1.29 is 4.79 Å². The number of aryl methyl sites for hydroxylation is 3. The summed E-state index contributed by atoms with van der Waals surface area (Å²) < 4.78 is 0. The predicted octanol–water partition coefficient (Wildman–Crippen LogP) is 3.50. The third kappa shape index (κ3) is 3.64. The fourth-order valence-corrected chi connectivity index (χ4v) is 2.85. The first kappa shape index (κ1) is 13.7. The number of anilines is 1. The molecule has 0 bridgehead atoms. The SMILES string of the molecule is CCc1ccc(NC(=O)Cc2sc(C)nc2C)cc1. The standard InChI is InChI=1S/C15H18N2OS/c1-4-12-5-7-13(8-6-12)17-15(18)9-14-10(2)16-11(3)19-14/h5-8H,4,9H2,1-3H3,(H,17,18). The first-order chi connectivity index (χ1) is 9.08. The van der Waals surface area contributed by atoms with Crippen LogP contribution in [-0.2, 0) is 17.6 Å². The summed E-state index contributed by atoms with van der Waals surface area (Å²) >= 11 is 1.59. The number of hydrogen-bond acceptors (Lipinski definition) is 3. The number of carbonyl (C=O) groups is 1. The van der Waals surface area contributed by atoms with E-state index >= 15 is 0 Å². The van der Waals surface area contributed by atoms with Gasteiger partial charge in [-0.05, 0) is 38.0 Å². The topological polar surface area (TPSA) is 42.0 Å². The second kappa shape index (κ2) is 5.97. The van der Waals surface area contributed by atoms with Crippen LogP contribution in [0.3, 0.4) is 0 Å². The maximum absolute atomic E-state index is 12.0. The van der Waals surface area contributed by atoms with Gasteiger partial charge in [-0.15, -0.1) is 11.3 Å². The van der Waals surface area contributed by atoms with E-state index in [2.05, 4.69) is 17.2 Å². The van der Waals surface area contributed by atoms with E-state index in [0.29, 0.717) is 6.42 Å². The molecule has 1 aromatic carbocycles. The molecule has 1 N–H and O–H groups in total. The molecule has 0 aliphatic heterocycles. The zero-order valence-corrected chi connectivity index (χ0v) is 12.3. The van der Waals surface area contributed by atoms with Crippen LogP contribution in [0.4, 0.5) is 5.69 Å². The van der Waals surface area contributed by atoms with Gasteiger partial charge < -0.3 is 5.32 Å². The highest BCUT2D eigenvalue weighted by molar-refractivity contribution is 7.11. The molecule has 0 unspecified atom stereocenters. The Morgan fingerprint density at radius 3 is 2.47 bits per heavy atom. The minimum Gasteiger partial charge on any atom is -0.326 e. The average molecular weight is 274 g/mol. The van der Waals surface area contributed by atoms with E-state index in [4.69, 9.17) is 0 Å². The number of amides is 1. The number of benzene rings is 1. The maximum atomic E-state index is 12.0. The Morgan fingerprint density at radius 2 is 1.95 bits per heavy atom. The number of aromatic nitrogens is 1. The Hall–Kier alpha value is -1.68. The third-order valence-electron chi connectivity index (χ3n) is 2.97. The van der Waals surface area contributed by atoms with E-state index in [1.54, 1.807) is 11.3 Å². The minimum atomic E-state index is 0.0102. The molecular formula is C15H18N2OS. The zero-order valence-electron chi connectivity index (χ0n) is 11.5. The van der Waals surface area contributed by atoms with Gasteiger partial charge in [-0.1, -0.05) is 19.1 Å². The molecule has 3 nitrogen and oxygen atoms in total. The van der Waals surface area contributed by atoms with E-state index < -0.39 is 0 Å². The minimum absolute atomic E-state index is 0.0102. The van der Waals surface area contributed by atoms with Crippen molar-refractivity contribution in [2.75, 3.05) is 5.32 Å². The first-order valence-corrected chi connectivity index (χ1v) is 7.22. The monoisotopic (exact) mass is 274 g/mol. The zero-order chi connectivity index (χ0) is 13.8. The lowest BCUT2D eigenvalue weighted by atomic mass is 10.1. The van der Waals surface area contributed by atoms with Crippen LogP contribution in [0.25, 0.3) is 0 Å². The van der Waals surface area contributed by atoms with Crippen LogP contribution in [0.2, 0.25) is 0 Å². The van der Waals surface area contributed by atoms with Gasteiger partial charge in [0, 0.05) is 10.6 Å². The number of nitrogens with one attached hydrogen (secondary N) is 1. The van der Waals surface area contributed by atoms with Crippen molar-refractivity contribution in [3.8, 4) is 0 Å². The molecule has 1 heterocycles. The molecule has 1 amide bonds. The lowest BCUT2D eigenvalue weighted by Gasteiger charge is -2.05. The highest BCUT2D eigenvalue weighted by atomic mass is 32.1. The fraction of sp³-hybridized carbons (Fsp3) is 0.333. The van der Waals surface area contributed by atoms with Crippen molar-refractivity contribution in [1.29, 1.82) is 0 Å². The number of nitrogens with zero attached hydrogens (tertiary/aromatic N) is 1. The van der Waals surface area contributed by atoms with Crippen LogP contribution >= 0.6 is 11.3 Å². The summed E-state index contributed by atoms with van der Waals surface area (Å²) in [6, 6.07) is 7.97. The molecule has 1 aromatic heterocycles. The van der Waals surface area contributed by atoms with E-state index in [1.807, 2.05) is 38.1 Å². The molecule has 2 aromatic rings. The van der Waals surface area contributed by atoms with Crippen LogP contribution in [-0.4, -0.2) is 10.9 Å². The van der Waals surface area contributed by atoms with Crippen molar-refractivity contribution in [2.45, 2.75) is 33.6 Å². The van der Waals surface area contributed by atoms with E-state index in [9.17, 15) is 4.79 Å². The Bertz CT molecular complexity index is 572. The Labute approximate surface area is 117 Å². The van der Waals surface area contributed by atoms with Gasteiger partial charge in [-0.2, -0.15) is 0 Å². The quantitative estimate of drug-likeness (QED) is 0.927. The highest BCUT2D eigenvalue weighted by Gasteiger charge is 2.10. The number of carbonyl (C=O) groups excluding carboxylic acids is 1. The molecule has 0 aliphatic rings. The smallest absolute Gasteiger partial charge is 0.229 e. The largest absolute Gasteiger partial charge is 0.326 e. The molecule has 0 atom stereocenters. The molecule has 19 heavy (non-hydrogen) atoms. The summed E-state index contributed by atoms with van der Waals surface area (Å²) in [6.45, 7) is 6.02. The van der Waals surface area contributed by atoms with Crippen LogP contribution in [0, 0.1) is 13.8 Å². The molecule has 0 fully saturated rings. The molecule has 0 saturated heterocycles. The second-order valence-electron chi connectivity index (χ2n) is 4.52. The van der Waals surface area contributed by atoms with E-state index in [1.165, 1.54) is 5.56 Å². The Morgan fingerprint density at radius 1 is 1.26 bits per heavy atom. The summed E-state index contributed by atoms with van der Waals surface area (Å²) in [5, 5.41) is 3.93. The van der Waals surface area contributed by atoms with Crippen molar-refractivity contribution >= 4 is 22.9 Å². The van der Waals surface area contributed by atoms with Gasteiger partial charge in [0.05, 0.1) is 17.1 Å². The summed E-state index contributed by atoms with van der Waals surface area (Å²) in [7, 11) is 0. The summed E-state index contributed by atoms with van der Waals surface area (Å²) in [5.74, 6) is 0.0102. The number of hydrogen-bond donors (Lipinski definition) is 1. The van der Waals surface area contributed by atoms with Gasteiger partial charge in [0.15, 0.2) is 0 Å². The van der Waals surface area contributed by atoms with Crippen molar-refractivity contribution in [2.24, 2.45) is 0 Å². The van der Waals surface area contributed by atoms with Crippen LogP contribution in [0.15, 0.2) is 24.3 Å². The average Bonchev–Trinajstić information content (AvgIpc) is 2.68. The molecule has 0 spiro atoms. The molecule has 100 valence electrons. The molecule has 0 saturated carbocycles. The van der Waals surface area contributed by atoms with E-state index in [-0.39, 0.29) is 5.91 Å². The normalized spacial score (nSPS) is 10.5. The molecule has 0 aliphatic carbocycles. The van der Waals surface area contributed by atoms with Gasteiger partial charge in [0.25, 0.3) is 0 Å². The third-order valence-corrected chi connectivity index (χ3v) is 4.04. The molecule has 0 radical (unpaired) electrons. The number of thiazole rings is 1. The van der Waals surface area contributed by atoms with Crippen LogP contribution in [0.5, 0.6) is 0 Å². The van der Waals surface area contributed by atoms with Crippen LogP contribution < -0.4 is 5.32 Å². The lowest BCUT2D eigenvalue weighted by molar-refractivity contribution is -0.115. The Balaban J connectivity index is 1.99. The van der Waals surface area contributed by atoms with Gasteiger partial charge in [-0.25, -0.2) is 4.98 Å². The summed E-state index contributed by atoms with van der Waals surface area (Å²) in [6.07, 6.45) is 1.40. The lowest BCUT2D eigenvalue weighted by Crippen LogP contribution is -2.14. The van der Waals surface area contributed by atoms with Gasteiger partial charge in [0.2, 0.25) is 5.91 Å². The van der Waals surface area contributed by atoms with E-state index in [0.717, 1.165) is 27.7 Å². The first-order valence-electron chi connectivity index (χ1n) is 6.40. The van der Waals surface area contributed by atoms with Crippen molar-refractivity contribution in [3.63, 3.8) is 0 Å². The molecule has 2 rings (SSSR count). The van der Waals surface area contributed by atoms with Crippen molar-refractivity contribution in [1.82, 2.24) is 4.98 Å². The fourth-order valence-electron chi connectivity index (χ4n) is 1.91. The molecule has 4 heteroatoms. The maximum Gasteiger partial charge on any atom is 0.229 e. The van der Waals surface area contributed by atoms with Crippen LogP contribution in [0.1, 0.15) is 28.1 Å². The van der Waals surface area contributed by atoms with Gasteiger partial charge >= 0.3 is 0 Å². The predicted molar refractivity (Wildman–Crippen MR) is 79.7 cm³/mol. The summed E-state index contributed by atoms with van der Waals surface area (Å²) in [5.41, 5.74) is 3.08. The number of rotatable bonds is 4. The molecular weight excluding hydrogens is 256 g/mol. The highest BCUT2D eigenvalue weighted by Crippen LogP contribution is 2.18.